The quantitative estimate of drug-likeness (QED) is 0.578. The first-order valence-corrected chi connectivity index (χ1v) is 10.6. The van der Waals surface area contributed by atoms with E-state index in [-0.39, 0.29) is 11.7 Å². The third-order valence-electron chi connectivity index (χ3n) is 5.14. The van der Waals surface area contributed by atoms with Crippen molar-refractivity contribution in [1.82, 2.24) is 14.9 Å². The Balaban J connectivity index is 0.000000254. The fourth-order valence-corrected chi connectivity index (χ4v) is 3.83. The molecule has 31 heavy (non-hydrogen) atoms. The van der Waals surface area contributed by atoms with E-state index in [0.717, 1.165) is 48.1 Å². The van der Waals surface area contributed by atoms with Gasteiger partial charge >= 0.3 is 0 Å². The van der Waals surface area contributed by atoms with Crippen LogP contribution in [-0.2, 0) is 13.1 Å². The van der Waals surface area contributed by atoms with Gasteiger partial charge in [0, 0.05) is 48.2 Å². The van der Waals surface area contributed by atoms with E-state index in [9.17, 15) is 9.90 Å². The van der Waals surface area contributed by atoms with Gasteiger partial charge in [-0.05, 0) is 49.2 Å². The lowest BCUT2D eigenvalue weighted by atomic mass is 10.0. The fourth-order valence-electron chi connectivity index (χ4n) is 3.83. The van der Waals surface area contributed by atoms with E-state index in [4.69, 9.17) is 0 Å². The van der Waals surface area contributed by atoms with Crippen molar-refractivity contribution >= 4 is 22.9 Å². The van der Waals surface area contributed by atoms with Crippen molar-refractivity contribution in [1.29, 1.82) is 0 Å². The number of aldehydes is 1. The number of rotatable bonds is 6. The van der Waals surface area contributed by atoms with Crippen LogP contribution in [0.2, 0.25) is 0 Å². The monoisotopic (exact) mass is 418 g/mol. The van der Waals surface area contributed by atoms with Crippen LogP contribution in [0.5, 0.6) is 5.75 Å². The van der Waals surface area contributed by atoms with Crippen LogP contribution >= 0.6 is 0 Å². The highest BCUT2D eigenvalue weighted by Crippen LogP contribution is 2.32. The van der Waals surface area contributed by atoms with Gasteiger partial charge in [0.1, 0.15) is 5.75 Å². The SMILES string of the molecule is CC(C)c1c(C=O)c2ccc(O)cc2n1CC1=NCCC=C1.CNCc1cccnc1. The van der Waals surface area contributed by atoms with Crippen molar-refractivity contribution < 1.29 is 9.90 Å². The van der Waals surface area contributed by atoms with Crippen molar-refractivity contribution in [3.8, 4) is 5.75 Å². The number of nitrogens with zero attached hydrogens (tertiary/aromatic N) is 3. The van der Waals surface area contributed by atoms with Crippen LogP contribution in [0.3, 0.4) is 0 Å². The molecule has 0 atom stereocenters. The first-order chi connectivity index (χ1) is 15.0. The zero-order valence-corrected chi connectivity index (χ0v) is 18.4. The summed E-state index contributed by atoms with van der Waals surface area (Å²) in [5.74, 6) is 0.419. The van der Waals surface area contributed by atoms with Crippen LogP contribution < -0.4 is 5.32 Å². The summed E-state index contributed by atoms with van der Waals surface area (Å²) in [5.41, 5.74) is 4.82. The molecule has 0 radical (unpaired) electrons. The van der Waals surface area contributed by atoms with Gasteiger partial charge in [-0.25, -0.2) is 0 Å². The van der Waals surface area contributed by atoms with Gasteiger partial charge in [-0.15, -0.1) is 0 Å². The summed E-state index contributed by atoms with van der Waals surface area (Å²) < 4.78 is 2.11. The number of hydrogen-bond acceptors (Lipinski definition) is 5. The molecule has 0 fully saturated rings. The number of benzene rings is 1. The summed E-state index contributed by atoms with van der Waals surface area (Å²) in [6.45, 7) is 6.49. The Labute approximate surface area is 183 Å². The molecule has 3 heterocycles. The molecule has 6 nitrogen and oxygen atoms in total. The number of phenolic OH excluding ortho intramolecular Hbond substituents is 1. The summed E-state index contributed by atoms with van der Waals surface area (Å²) in [4.78, 5) is 20.1. The average Bonchev–Trinajstić information content (AvgIpc) is 3.08. The Morgan fingerprint density at radius 1 is 1.29 bits per heavy atom. The van der Waals surface area contributed by atoms with Crippen LogP contribution in [0.1, 0.15) is 47.8 Å². The van der Waals surface area contributed by atoms with Gasteiger partial charge in [-0.3, -0.25) is 14.8 Å². The second kappa shape index (κ2) is 10.7. The number of aromatic nitrogens is 2. The molecule has 1 aliphatic rings. The third kappa shape index (κ3) is 5.47. The standard InChI is InChI=1S/C18H20N2O2.C7H10N2/c1-12(2)18-16(11-21)15-7-6-14(22)9-17(15)20(18)10-13-5-3-4-8-19-13;1-8-5-7-3-2-4-9-6-7/h3,5-7,9,11-12,22H,4,8,10H2,1-2H3;2-4,6,8H,5H2,1H3. The predicted molar refractivity (Wildman–Crippen MR) is 126 cm³/mol. The van der Waals surface area contributed by atoms with Crippen LogP contribution in [0, 0.1) is 0 Å². The maximum atomic E-state index is 11.6. The topological polar surface area (TPSA) is 79.5 Å². The number of allylic oxidation sites excluding steroid dienone is 1. The number of hydrogen-bond donors (Lipinski definition) is 2. The Bertz CT molecular complexity index is 1080. The highest BCUT2D eigenvalue weighted by molar-refractivity contribution is 6.02. The second-order valence-corrected chi connectivity index (χ2v) is 7.81. The number of pyridine rings is 1. The number of carbonyl (C=O) groups excluding carboxylic acids is 1. The van der Waals surface area contributed by atoms with E-state index in [1.807, 2.05) is 37.5 Å². The lowest BCUT2D eigenvalue weighted by Crippen LogP contribution is -2.14. The Hall–Kier alpha value is -3.25. The molecule has 0 aliphatic carbocycles. The molecule has 3 aromatic rings. The van der Waals surface area contributed by atoms with E-state index in [0.29, 0.717) is 12.1 Å². The van der Waals surface area contributed by atoms with Gasteiger partial charge < -0.3 is 15.0 Å². The molecule has 2 N–H and O–H groups in total. The highest BCUT2D eigenvalue weighted by Gasteiger charge is 2.20. The van der Waals surface area contributed by atoms with Gasteiger partial charge in [-0.1, -0.05) is 26.0 Å². The third-order valence-corrected chi connectivity index (χ3v) is 5.14. The normalized spacial score (nSPS) is 13.1. The Morgan fingerprint density at radius 2 is 2.13 bits per heavy atom. The molecule has 0 saturated carbocycles. The molecule has 0 saturated heterocycles. The minimum absolute atomic E-state index is 0.208. The fraction of sp³-hybridized carbons (Fsp3) is 0.320. The molecule has 1 aromatic carbocycles. The van der Waals surface area contributed by atoms with E-state index in [2.05, 4.69) is 39.8 Å². The van der Waals surface area contributed by atoms with Gasteiger partial charge in [0.15, 0.2) is 6.29 Å². The zero-order chi connectivity index (χ0) is 22.2. The summed E-state index contributed by atoms with van der Waals surface area (Å²) >= 11 is 0. The predicted octanol–water partition coefficient (Wildman–Crippen LogP) is 4.48. The average molecular weight is 419 g/mol. The number of dihydropyridines is 1. The number of fused-ring (bicyclic) bond motifs is 1. The molecule has 1 aliphatic heterocycles. The molecule has 2 aromatic heterocycles. The molecule has 0 bridgehead atoms. The zero-order valence-electron chi connectivity index (χ0n) is 18.4. The summed E-state index contributed by atoms with van der Waals surface area (Å²) in [5, 5.41) is 13.8. The highest BCUT2D eigenvalue weighted by atomic mass is 16.3. The van der Waals surface area contributed by atoms with Gasteiger partial charge in [0.25, 0.3) is 0 Å². The lowest BCUT2D eigenvalue weighted by molar-refractivity contribution is 0.112. The number of phenols is 1. The Kier molecular flexibility index (Phi) is 7.73. The van der Waals surface area contributed by atoms with E-state index >= 15 is 0 Å². The number of aliphatic imine (C=N–C) groups is 1. The van der Waals surface area contributed by atoms with Crippen LogP contribution in [-0.4, -0.2) is 40.2 Å². The number of carbonyl (C=O) groups is 1. The number of nitrogens with one attached hydrogen (secondary N) is 1. The minimum atomic E-state index is 0.208. The molecule has 0 spiro atoms. The van der Waals surface area contributed by atoms with Gasteiger partial charge in [0.2, 0.25) is 0 Å². The molecule has 162 valence electrons. The molecule has 0 amide bonds. The maximum Gasteiger partial charge on any atom is 0.152 e. The van der Waals surface area contributed by atoms with Crippen molar-refractivity contribution in [2.45, 2.75) is 39.3 Å². The molecule has 4 rings (SSSR count). The van der Waals surface area contributed by atoms with Crippen molar-refractivity contribution in [2.75, 3.05) is 13.6 Å². The van der Waals surface area contributed by atoms with E-state index in [1.165, 1.54) is 5.56 Å². The van der Waals surface area contributed by atoms with Crippen molar-refractivity contribution in [2.24, 2.45) is 4.99 Å². The maximum absolute atomic E-state index is 11.6. The summed E-state index contributed by atoms with van der Waals surface area (Å²) in [7, 11) is 1.92. The summed E-state index contributed by atoms with van der Waals surface area (Å²) in [6, 6.07) is 9.15. The molecular weight excluding hydrogens is 388 g/mol. The van der Waals surface area contributed by atoms with E-state index < -0.39 is 0 Å². The first kappa shape index (κ1) is 22.4. The second-order valence-electron chi connectivity index (χ2n) is 7.81. The first-order valence-electron chi connectivity index (χ1n) is 10.6. The van der Waals surface area contributed by atoms with E-state index in [1.54, 1.807) is 18.3 Å². The van der Waals surface area contributed by atoms with Crippen LogP contribution in [0.25, 0.3) is 10.9 Å². The van der Waals surface area contributed by atoms with Crippen molar-refractivity contribution in [3.05, 3.63) is 71.7 Å². The minimum Gasteiger partial charge on any atom is -0.508 e. The lowest BCUT2D eigenvalue weighted by Gasteiger charge is -2.15. The molecule has 0 unspecified atom stereocenters. The number of aromatic hydroxyl groups is 1. The van der Waals surface area contributed by atoms with Crippen molar-refractivity contribution in [3.63, 3.8) is 0 Å². The summed E-state index contributed by atoms with van der Waals surface area (Å²) in [6.07, 6.45) is 9.71. The van der Waals surface area contributed by atoms with Crippen LogP contribution in [0.15, 0.2) is 59.9 Å². The van der Waals surface area contributed by atoms with Gasteiger partial charge in [-0.2, -0.15) is 0 Å². The van der Waals surface area contributed by atoms with Crippen LogP contribution in [0.4, 0.5) is 0 Å². The molecule has 6 heteroatoms. The van der Waals surface area contributed by atoms with Gasteiger partial charge in [0.05, 0.1) is 17.8 Å². The Morgan fingerprint density at radius 3 is 2.74 bits per heavy atom. The smallest absolute Gasteiger partial charge is 0.152 e. The molecular formula is C25H30N4O2. The largest absolute Gasteiger partial charge is 0.508 e.